The fourth-order valence-electron chi connectivity index (χ4n) is 2.45. The smallest absolute Gasteiger partial charge is 0.0345 e. The Bertz CT molecular complexity index is 194. The van der Waals surface area contributed by atoms with Gasteiger partial charge in [-0.25, -0.2) is 0 Å². The second kappa shape index (κ2) is 6.58. The molecule has 0 saturated carbocycles. The first-order valence-electron chi connectivity index (χ1n) is 6.61. The quantitative estimate of drug-likeness (QED) is 0.763. The molecule has 0 bridgehead atoms. The predicted octanol–water partition coefficient (Wildman–Crippen LogP) is 1.26. The van der Waals surface area contributed by atoms with Crippen LogP contribution in [0.5, 0.6) is 0 Å². The Morgan fingerprint density at radius 3 is 2.50 bits per heavy atom. The van der Waals surface area contributed by atoms with Gasteiger partial charge in [-0.1, -0.05) is 13.8 Å². The van der Waals surface area contributed by atoms with Gasteiger partial charge in [0.05, 0.1) is 0 Å². The van der Waals surface area contributed by atoms with E-state index in [0.717, 1.165) is 12.5 Å². The maximum Gasteiger partial charge on any atom is 0.0345 e. The summed E-state index contributed by atoms with van der Waals surface area (Å²) in [6.45, 7) is 11.6. The topological polar surface area (TPSA) is 18.5 Å². The molecule has 0 amide bonds. The molecule has 0 aliphatic carbocycles. The molecule has 0 aromatic carbocycles. The average molecular weight is 227 g/mol. The highest BCUT2D eigenvalue weighted by molar-refractivity contribution is 4.81. The molecule has 0 radical (unpaired) electrons. The zero-order chi connectivity index (χ0) is 12.1. The highest BCUT2D eigenvalue weighted by atomic mass is 15.3. The lowest BCUT2D eigenvalue weighted by molar-refractivity contribution is 0.111. The summed E-state index contributed by atoms with van der Waals surface area (Å²) in [5, 5.41) is 3.67. The number of hydrogen-bond acceptors (Lipinski definition) is 3. The Balaban J connectivity index is 2.24. The molecule has 3 heteroatoms. The minimum Gasteiger partial charge on any atom is -0.313 e. The maximum atomic E-state index is 3.67. The van der Waals surface area contributed by atoms with Crippen LogP contribution in [-0.2, 0) is 0 Å². The van der Waals surface area contributed by atoms with Crippen LogP contribution in [0, 0.1) is 5.92 Å². The largest absolute Gasteiger partial charge is 0.313 e. The van der Waals surface area contributed by atoms with E-state index < -0.39 is 0 Å². The Hall–Kier alpha value is -0.120. The Morgan fingerprint density at radius 1 is 1.19 bits per heavy atom. The molecule has 1 heterocycles. The molecule has 2 unspecified atom stereocenters. The number of likely N-dealkylation sites (N-methyl/N-ethyl adjacent to an activating group) is 2. The van der Waals surface area contributed by atoms with Gasteiger partial charge in [0.15, 0.2) is 0 Å². The molecule has 1 saturated heterocycles. The molecule has 1 aliphatic rings. The van der Waals surface area contributed by atoms with Gasteiger partial charge in [0.1, 0.15) is 0 Å². The first-order chi connectivity index (χ1) is 7.49. The molecule has 0 spiro atoms. The van der Waals surface area contributed by atoms with Crippen molar-refractivity contribution in [3.8, 4) is 0 Å². The lowest BCUT2D eigenvalue weighted by atomic mass is 10.0. The summed E-state index contributed by atoms with van der Waals surface area (Å²) < 4.78 is 0. The van der Waals surface area contributed by atoms with Gasteiger partial charge >= 0.3 is 0 Å². The summed E-state index contributed by atoms with van der Waals surface area (Å²) in [5.74, 6) is 0.786. The molecule has 0 aromatic rings. The molecular weight excluding hydrogens is 198 g/mol. The molecule has 1 rings (SSSR count). The van der Waals surface area contributed by atoms with E-state index in [-0.39, 0.29) is 0 Å². The van der Waals surface area contributed by atoms with Crippen LogP contribution in [0.3, 0.4) is 0 Å². The first-order valence-corrected chi connectivity index (χ1v) is 6.61. The van der Waals surface area contributed by atoms with Crippen molar-refractivity contribution in [2.45, 2.75) is 39.3 Å². The summed E-state index contributed by atoms with van der Waals surface area (Å²) in [4.78, 5) is 4.91. The summed E-state index contributed by atoms with van der Waals surface area (Å²) in [6.07, 6.45) is 1.27. The standard InChI is InChI=1S/C13H29N3/c1-11(2)8-12(3)14-9-13-10-15(4)6-7-16(13)5/h11-14H,6-10H2,1-5H3. The molecule has 1 fully saturated rings. The summed E-state index contributed by atoms with van der Waals surface area (Å²) in [5.41, 5.74) is 0. The zero-order valence-electron chi connectivity index (χ0n) is 11.7. The van der Waals surface area contributed by atoms with Crippen molar-refractivity contribution in [2.24, 2.45) is 5.92 Å². The van der Waals surface area contributed by atoms with Crippen LogP contribution in [0.4, 0.5) is 0 Å². The van der Waals surface area contributed by atoms with Gasteiger partial charge < -0.3 is 10.2 Å². The van der Waals surface area contributed by atoms with Crippen molar-refractivity contribution in [3.05, 3.63) is 0 Å². The lowest BCUT2D eigenvalue weighted by Crippen LogP contribution is -2.54. The van der Waals surface area contributed by atoms with E-state index in [2.05, 4.69) is 50.0 Å². The summed E-state index contributed by atoms with van der Waals surface area (Å²) in [6, 6.07) is 1.31. The second-order valence-corrected chi connectivity index (χ2v) is 5.84. The Kier molecular flexibility index (Phi) is 5.73. The third-order valence-corrected chi connectivity index (χ3v) is 3.51. The van der Waals surface area contributed by atoms with Crippen LogP contribution >= 0.6 is 0 Å². The van der Waals surface area contributed by atoms with Gasteiger partial charge in [-0.15, -0.1) is 0 Å². The fourth-order valence-corrected chi connectivity index (χ4v) is 2.45. The van der Waals surface area contributed by atoms with E-state index in [9.17, 15) is 0 Å². The molecule has 3 nitrogen and oxygen atoms in total. The second-order valence-electron chi connectivity index (χ2n) is 5.84. The van der Waals surface area contributed by atoms with Crippen molar-refractivity contribution in [3.63, 3.8) is 0 Å². The number of rotatable bonds is 5. The van der Waals surface area contributed by atoms with Gasteiger partial charge in [-0.2, -0.15) is 0 Å². The van der Waals surface area contributed by atoms with Crippen LogP contribution in [0.15, 0.2) is 0 Å². The van der Waals surface area contributed by atoms with Crippen LogP contribution in [-0.4, -0.2) is 62.2 Å². The molecule has 96 valence electrons. The predicted molar refractivity (Wildman–Crippen MR) is 70.8 cm³/mol. The van der Waals surface area contributed by atoms with E-state index in [0.29, 0.717) is 12.1 Å². The van der Waals surface area contributed by atoms with Crippen LogP contribution in [0.1, 0.15) is 27.2 Å². The maximum absolute atomic E-state index is 3.67. The monoisotopic (exact) mass is 227 g/mol. The Labute approximate surface area is 101 Å². The number of nitrogens with one attached hydrogen (secondary N) is 1. The normalized spacial score (nSPS) is 26.2. The van der Waals surface area contributed by atoms with E-state index in [1.165, 1.54) is 26.1 Å². The number of nitrogens with zero attached hydrogens (tertiary/aromatic N) is 2. The van der Waals surface area contributed by atoms with Crippen LogP contribution in [0.25, 0.3) is 0 Å². The van der Waals surface area contributed by atoms with Crippen molar-refractivity contribution >= 4 is 0 Å². The van der Waals surface area contributed by atoms with Crippen LogP contribution in [0.2, 0.25) is 0 Å². The molecule has 0 aromatic heterocycles. The highest BCUT2D eigenvalue weighted by Gasteiger charge is 2.22. The average Bonchev–Trinajstić information content (AvgIpc) is 2.18. The molecule has 1 N–H and O–H groups in total. The summed E-state index contributed by atoms with van der Waals surface area (Å²) >= 11 is 0. The van der Waals surface area contributed by atoms with Gasteiger partial charge in [-0.05, 0) is 33.4 Å². The van der Waals surface area contributed by atoms with E-state index in [4.69, 9.17) is 0 Å². The zero-order valence-corrected chi connectivity index (χ0v) is 11.7. The van der Waals surface area contributed by atoms with Gasteiger partial charge in [-0.3, -0.25) is 4.90 Å². The molecule has 1 aliphatic heterocycles. The fraction of sp³-hybridized carbons (Fsp3) is 1.00. The number of hydrogen-bond donors (Lipinski definition) is 1. The van der Waals surface area contributed by atoms with Crippen LogP contribution < -0.4 is 5.32 Å². The third kappa shape index (κ3) is 4.81. The van der Waals surface area contributed by atoms with E-state index >= 15 is 0 Å². The van der Waals surface area contributed by atoms with E-state index in [1.54, 1.807) is 0 Å². The Morgan fingerprint density at radius 2 is 1.88 bits per heavy atom. The van der Waals surface area contributed by atoms with Gasteiger partial charge in [0.2, 0.25) is 0 Å². The number of piperazine rings is 1. The molecule has 2 atom stereocenters. The lowest BCUT2D eigenvalue weighted by Gasteiger charge is -2.38. The highest BCUT2D eigenvalue weighted by Crippen LogP contribution is 2.07. The third-order valence-electron chi connectivity index (χ3n) is 3.51. The summed E-state index contributed by atoms with van der Waals surface area (Å²) in [7, 11) is 4.46. The van der Waals surface area contributed by atoms with Gasteiger partial charge in [0, 0.05) is 38.3 Å². The van der Waals surface area contributed by atoms with E-state index in [1.807, 2.05) is 0 Å². The minimum atomic E-state index is 0.639. The molecular formula is C13H29N3. The van der Waals surface area contributed by atoms with Crippen molar-refractivity contribution in [1.82, 2.24) is 15.1 Å². The minimum absolute atomic E-state index is 0.639. The van der Waals surface area contributed by atoms with Crippen molar-refractivity contribution in [1.29, 1.82) is 0 Å². The first kappa shape index (κ1) is 13.9. The van der Waals surface area contributed by atoms with Crippen molar-refractivity contribution < 1.29 is 0 Å². The SMILES string of the molecule is CC(C)CC(C)NCC1CN(C)CCN1C. The van der Waals surface area contributed by atoms with Gasteiger partial charge in [0.25, 0.3) is 0 Å². The van der Waals surface area contributed by atoms with Crippen molar-refractivity contribution in [2.75, 3.05) is 40.3 Å². The molecule has 16 heavy (non-hydrogen) atoms.